The summed E-state index contributed by atoms with van der Waals surface area (Å²) >= 11 is 0. The molecule has 0 saturated carbocycles. The van der Waals surface area contributed by atoms with E-state index in [-0.39, 0.29) is 18.4 Å². The normalized spacial score (nSPS) is 17.2. The van der Waals surface area contributed by atoms with Crippen LogP contribution < -0.4 is 5.32 Å². The number of hydrogen-bond acceptors (Lipinski definition) is 3. The highest BCUT2D eigenvalue weighted by molar-refractivity contribution is 5.91. The molecule has 180 valence electrons. The molecule has 1 aliphatic rings. The van der Waals surface area contributed by atoms with Crippen LogP contribution in [0.3, 0.4) is 0 Å². The van der Waals surface area contributed by atoms with E-state index in [0.717, 1.165) is 0 Å². The van der Waals surface area contributed by atoms with Crippen molar-refractivity contribution in [3.8, 4) is 0 Å². The first-order valence-corrected chi connectivity index (χ1v) is 10.0. The van der Waals surface area contributed by atoms with Crippen molar-refractivity contribution in [2.75, 3.05) is 18.4 Å². The fourth-order valence-corrected chi connectivity index (χ4v) is 3.40. The molecular weight excluding hydrogens is 442 g/mol. The van der Waals surface area contributed by atoms with Crippen LogP contribution in [0.2, 0.25) is 0 Å². The predicted molar refractivity (Wildman–Crippen MR) is 104 cm³/mol. The average molecular weight is 468 g/mol. The molecule has 2 rings (SSSR count). The molecule has 0 unspecified atom stereocenters. The topological polar surface area (TPSA) is 69.6 Å². The lowest BCUT2D eigenvalue weighted by molar-refractivity contribution is -0.147. The summed E-state index contributed by atoms with van der Waals surface area (Å²) in [4.78, 5) is 26.1. The largest absolute Gasteiger partial charge is 0.416 e. The molecule has 5 nitrogen and oxygen atoms in total. The van der Waals surface area contributed by atoms with Crippen LogP contribution in [0, 0.1) is 11.3 Å². The summed E-state index contributed by atoms with van der Waals surface area (Å²) in [7, 11) is 0. The van der Waals surface area contributed by atoms with Gasteiger partial charge in [0.15, 0.2) is 0 Å². The molecule has 2 N–H and O–H groups in total. The Balaban J connectivity index is 2.00. The standard InChI is InChI=1S/C21H26F6N2O3/c1-19(2,3)17(31)18(32)29-6-4-12(5-7-29)8-16(30)28-15-10-13(20(22,23)24)9-14(11-15)21(25,26)27/h9-12,17,31H,4-8H2,1-3H3,(H,28,30)/t17-/m0/s1. The fourth-order valence-electron chi connectivity index (χ4n) is 3.40. The maximum absolute atomic E-state index is 12.9. The number of benzene rings is 1. The third-order valence-corrected chi connectivity index (χ3v) is 5.33. The molecule has 1 aliphatic heterocycles. The third-order valence-electron chi connectivity index (χ3n) is 5.33. The maximum atomic E-state index is 12.9. The third kappa shape index (κ3) is 6.85. The minimum Gasteiger partial charge on any atom is -0.383 e. The molecule has 0 aliphatic carbocycles. The van der Waals surface area contributed by atoms with Crippen LogP contribution in [-0.4, -0.2) is 41.0 Å². The van der Waals surface area contributed by atoms with Crippen LogP contribution in [0.15, 0.2) is 18.2 Å². The smallest absolute Gasteiger partial charge is 0.383 e. The Hall–Kier alpha value is -2.30. The molecule has 1 saturated heterocycles. The number of hydrogen-bond donors (Lipinski definition) is 2. The Kier molecular flexibility index (Phi) is 7.53. The van der Waals surface area contributed by atoms with Gasteiger partial charge in [-0.1, -0.05) is 20.8 Å². The Morgan fingerprint density at radius 3 is 1.88 bits per heavy atom. The number of aliphatic hydroxyl groups excluding tert-OH is 1. The Bertz CT molecular complexity index is 805. The number of likely N-dealkylation sites (tertiary alicyclic amines) is 1. The Morgan fingerprint density at radius 1 is 1.00 bits per heavy atom. The molecule has 0 aromatic heterocycles. The van der Waals surface area contributed by atoms with Gasteiger partial charge in [0, 0.05) is 25.2 Å². The van der Waals surface area contributed by atoms with Gasteiger partial charge in [0.05, 0.1) is 11.1 Å². The summed E-state index contributed by atoms with van der Waals surface area (Å²) in [6.07, 6.45) is -10.4. The minimum atomic E-state index is -5.00. The molecule has 2 amide bonds. The number of carbonyl (C=O) groups excluding carboxylic acids is 2. The average Bonchev–Trinajstić information content (AvgIpc) is 2.65. The van der Waals surface area contributed by atoms with Gasteiger partial charge in [-0.05, 0) is 42.4 Å². The second-order valence-corrected chi connectivity index (χ2v) is 9.08. The summed E-state index contributed by atoms with van der Waals surface area (Å²) in [6.45, 7) is 5.78. The fraction of sp³-hybridized carbons (Fsp3) is 0.619. The van der Waals surface area contributed by atoms with Crippen molar-refractivity contribution in [3.05, 3.63) is 29.3 Å². The SMILES string of the molecule is CC(C)(C)[C@@H](O)C(=O)N1CCC(CC(=O)Nc2cc(C(F)(F)F)cc(C(F)(F)F)c2)CC1. The number of alkyl halides is 6. The number of nitrogens with one attached hydrogen (secondary N) is 1. The van der Waals surface area contributed by atoms with Crippen molar-refractivity contribution < 1.29 is 41.0 Å². The Labute approximate surface area is 181 Å². The highest BCUT2D eigenvalue weighted by Gasteiger charge is 2.37. The van der Waals surface area contributed by atoms with Gasteiger partial charge in [0.25, 0.3) is 5.91 Å². The lowest BCUT2D eigenvalue weighted by Gasteiger charge is -2.35. The van der Waals surface area contributed by atoms with Crippen LogP contribution in [-0.2, 0) is 21.9 Å². The number of aliphatic hydroxyl groups is 1. The molecule has 1 fully saturated rings. The molecular formula is C21H26F6N2O3. The van der Waals surface area contributed by atoms with E-state index in [1.807, 2.05) is 0 Å². The molecule has 1 aromatic carbocycles. The second kappa shape index (κ2) is 9.29. The van der Waals surface area contributed by atoms with Crippen molar-refractivity contribution in [3.63, 3.8) is 0 Å². The van der Waals surface area contributed by atoms with Crippen molar-refractivity contribution in [1.82, 2.24) is 4.90 Å². The van der Waals surface area contributed by atoms with Crippen LogP contribution >= 0.6 is 0 Å². The molecule has 1 atom stereocenters. The molecule has 1 heterocycles. The van der Waals surface area contributed by atoms with Gasteiger partial charge in [-0.15, -0.1) is 0 Å². The van der Waals surface area contributed by atoms with Gasteiger partial charge in [-0.25, -0.2) is 0 Å². The van der Waals surface area contributed by atoms with E-state index in [2.05, 4.69) is 5.32 Å². The van der Waals surface area contributed by atoms with Crippen molar-refractivity contribution >= 4 is 17.5 Å². The predicted octanol–water partition coefficient (Wildman–Crippen LogP) is 4.70. The van der Waals surface area contributed by atoms with Crippen LogP contribution in [0.4, 0.5) is 32.0 Å². The maximum Gasteiger partial charge on any atom is 0.416 e. The summed E-state index contributed by atoms with van der Waals surface area (Å²) in [5.74, 6) is -1.32. The molecule has 0 spiro atoms. The van der Waals surface area contributed by atoms with Crippen LogP contribution in [0.25, 0.3) is 0 Å². The van der Waals surface area contributed by atoms with E-state index in [1.54, 1.807) is 20.8 Å². The van der Waals surface area contributed by atoms with Crippen molar-refractivity contribution in [2.24, 2.45) is 11.3 Å². The summed E-state index contributed by atoms with van der Waals surface area (Å²) in [5, 5.41) is 12.3. The molecule has 1 aromatic rings. The van der Waals surface area contributed by atoms with Crippen LogP contribution in [0.5, 0.6) is 0 Å². The zero-order valence-corrected chi connectivity index (χ0v) is 17.9. The quantitative estimate of drug-likeness (QED) is 0.630. The van der Waals surface area contributed by atoms with Gasteiger partial charge in [0.2, 0.25) is 5.91 Å². The number of piperidine rings is 1. The molecule has 32 heavy (non-hydrogen) atoms. The van der Waals surface area contributed by atoms with E-state index in [0.29, 0.717) is 38.1 Å². The van der Waals surface area contributed by atoms with E-state index < -0.39 is 52.5 Å². The lowest BCUT2D eigenvalue weighted by atomic mass is 9.87. The highest BCUT2D eigenvalue weighted by Crippen LogP contribution is 2.37. The second-order valence-electron chi connectivity index (χ2n) is 9.08. The van der Waals surface area contributed by atoms with Gasteiger partial charge in [0.1, 0.15) is 6.10 Å². The number of amides is 2. The summed E-state index contributed by atoms with van der Waals surface area (Å²) < 4.78 is 77.7. The molecule has 0 radical (unpaired) electrons. The van der Waals surface area contributed by atoms with Crippen molar-refractivity contribution in [2.45, 2.75) is 58.5 Å². The first-order chi connectivity index (χ1) is 14.5. The molecule has 11 heteroatoms. The summed E-state index contributed by atoms with van der Waals surface area (Å²) in [5.41, 5.74) is -4.23. The van der Waals surface area contributed by atoms with Crippen LogP contribution in [0.1, 0.15) is 51.2 Å². The highest BCUT2D eigenvalue weighted by atomic mass is 19.4. The Morgan fingerprint density at radius 2 is 1.47 bits per heavy atom. The number of nitrogens with zero attached hydrogens (tertiary/aromatic N) is 1. The van der Waals surface area contributed by atoms with Crippen molar-refractivity contribution in [1.29, 1.82) is 0 Å². The minimum absolute atomic E-state index is 0.00556. The van der Waals surface area contributed by atoms with Gasteiger partial charge in [-0.3, -0.25) is 9.59 Å². The van der Waals surface area contributed by atoms with E-state index in [4.69, 9.17) is 0 Å². The number of halogens is 6. The number of rotatable bonds is 4. The van der Waals surface area contributed by atoms with E-state index >= 15 is 0 Å². The number of carbonyl (C=O) groups is 2. The molecule has 0 bridgehead atoms. The van der Waals surface area contributed by atoms with Gasteiger partial charge >= 0.3 is 12.4 Å². The zero-order valence-electron chi connectivity index (χ0n) is 17.9. The summed E-state index contributed by atoms with van der Waals surface area (Å²) in [6, 6.07) is 0.916. The lowest BCUT2D eigenvalue weighted by Crippen LogP contribution is -2.48. The van der Waals surface area contributed by atoms with Gasteiger partial charge < -0.3 is 15.3 Å². The van der Waals surface area contributed by atoms with E-state index in [9.17, 15) is 41.0 Å². The monoisotopic (exact) mass is 468 g/mol. The first-order valence-electron chi connectivity index (χ1n) is 10.0. The van der Waals surface area contributed by atoms with Gasteiger partial charge in [-0.2, -0.15) is 26.3 Å². The first kappa shape index (κ1) is 26.0. The zero-order chi connectivity index (χ0) is 24.5. The van der Waals surface area contributed by atoms with E-state index in [1.165, 1.54) is 4.90 Å². The number of anilines is 1.